The normalized spacial score (nSPS) is 11.7. The SMILES string of the molecule is COc1ccc2c(-c3cc[c]([Ge]([CH3])([CH3])[CH3])c(C)c3)ncnc2c1. The van der Waals surface area contributed by atoms with E-state index >= 15 is 0 Å². The van der Waals surface area contributed by atoms with Crippen LogP contribution in [0.4, 0.5) is 0 Å². The van der Waals surface area contributed by atoms with Gasteiger partial charge in [-0.25, -0.2) is 0 Å². The van der Waals surface area contributed by atoms with Crippen LogP contribution in [0.3, 0.4) is 0 Å². The Balaban J connectivity index is 2.15. The summed E-state index contributed by atoms with van der Waals surface area (Å²) in [7, 11) is 1.67. The fourth-order valence-corrected chi connectivity index (χ4v) is 6.90. The molecular formula is C19H22GeN2O. The van der Waals surface area contributed by atoms with Gasteiger partial charge in [-0.3, -0.25) is 0 Å². The molecule has 0 aliphatic rings. The van der Waals surface area contributed by atoms with Crippen LogP contribution in [-0.4, -0.2) is 30.3 Å². The van der Waals surface area contributed by atoms with Gasteiger partial charge in [0.05, 0.1) is 0 Å². The monoisotopic (exact) mass is 368 g/mol. The zero-order valence-corrected chi connectivity index (χ0v) is 16.4. The van der Waals surface area contributed by atoms with E-state index in [1.807, 2.05) is 18.2 Å². The zero-order valence-electron chi connectivity index (χ0n) is 14.3. The van der Waals surface area contributed by atoms with Gasteiger partial charge >= 0.3 is 140 Å². The van der Waals surface area contributed by atoms with Crippen LogP contribution in [0.1, 0.15) is 5.56 Å². The summed E-state index contributed by atoms with van der Waals surface area (Å²) in [5.41, 5.74) is 4.41. The number of benzene rings is 2. The second kappa shape index (κ2) is 5.97. The number of ether oxygens (including phenoxy) is 1. The Kier molecular flexibility index (Phi) is 4.15. The van der Waals surface area contributed by atoms with Crippen molar-refractivity contribution >= 4 is 28.6 Å². The van der Waals surface area contributed by atoms with Crippen LogP contribution in [0, 0.1) is 6.92 Å². The Bertz CT molecular complexity index is 869. The first kappa shape index (κ1) is 16.0. The van der Waals surface area contributed by atoms with E-state index in [9.17, 15) is 0 Å². The third kappa shape index (κ3) is 3.11. The van der Waals surface area contributed by atoms with Gasteiger partial charge < -0.3 is 0 Å². The summed E-state index contributed by atoms with van der Waals surface area (Å²) in [4.78, 5) is 8.90. The van der Waals surface area contributed by atoms with Crippen molar-refractivity contribution in [2.75, 3.05) is 7.11 Å². The molecule has 3 nitrogen and oxygen atoms in total. The topological polar surface area (TPSA) is 35.0 Å². The van der Waals surface area contributed by atoms with Crippen LogP contribution < -0.4 is 9.13 Å². The summed E-state index contributed by atoms with van der Waals surface area (Å²) in [6.07, 6.45) is 1.63. The van der Waals surface area contributed by atoms with Crippen molar-refractivity contribution in [3.8, 4) is 17.0 Å². The van der Waals surface area contributed by atoms with E-state index in [0.29, 0.717) is 0 Å². The van der Waals surface area contributed by atoms with E-state index in [4.69, 9.17) is 4.74 Å². The zero-order chi connectivity index (χ0) is 16.6. The van der Waals surface area contributed by atoms with Crippen LogP contribution >= 0.6 is 0 Å². The van der Waals surface area contributed by atoms with Crippen LogP contribution in [-0.2, 0) is 0 Å². The van der Waals surface area contributed by atoms with E-state index in [1.54, 1.807) is 17.8 Å². The van der Waals surface area contributed by atoms with Crippen molar-refractivity contribution < 1.29 is 4.74 Å². The molecule has 0 spiro atoms. The number of rotatable bonds is 3. The molecule has 1 heterocycles. The molecule has 1 aromatic heterocycles. The van der Waals surface area contributed by atoms with Gasteiger partial charge in [-0.15, -0.1) is 0 Å². The Morgan fingerprint density at radius 2 is 1.74 bits per heavy atom. The number of fused-ring (bicyclic) bond motifs is 1. The predicted molar refractivity (Wildman–Crippen MR) is 99.2 cm³/mol. The van der Waals surface area contributed by atoms with Crippen molar-refractivity contribution in [2.24, 2.45) is 0 Å². The molecule has 0 saturated heterocycles. The summed E-state index contributed by atoms with van der Waals surface area (Å²) in [5.74, 6) is 8.09. The van der Waals surface area contributed by atoms with Crippen molar-refractivity contribution in [1.82, 2.24) is 9.97 Å². The maximum absolute atomic E-state index is 5.29. The molecule has 23 heavy (non-hydrogen) atoms. The van der Waals surface area contributed by atoms with Gasteiger partial charge in [0.25, 0.3) is 0 Å². The van der Waals surface area contributed by atoms with E-state index in [2.05, 4.69) is 52.4 Å². The summed E-state index contributed by atoms with van der Waals surface area (Å²) >= 11 is -1.83. The van der Waals surface area contributed by atoms with Crippen LogP contribution in [0.15, 0.2) is 42.7 Å². The van der Waals surface area contributed by atoms with Gasteiger partial charge in [0.15, 0.2) is 0 Å². The first-order valence-corrected chi connectivity index (χ1v) is 15.1. The van der Waals surface area contributed by atoms with E-state index in [-0.39, 0.29) is 0 Å². The van der Waals surface area contributed by atoms with Gasteiger partial charge in [-0.05, 0) is 0 Å². The third-order valence-corrected chi connectivity index (χ3v) is 8.72. The minimum absolute atomic E-state index is 0.814. The number of aryl methyl sites for hydroxylation is 1. The minimum atomic E-state index is -1.83. The molecule has 0 saturated carbocycles. The molecule has 0 N–H and O–H groups in total. The standard InChI is InChI=1S/C19H22GeN2O/c1-13-10-14(6-9-17(13)20(2,3)4)19-16-8-7-15(23-5)11-18(16)21-12-22-19/h6-12H,1-5H3. The molecular weight excluding hydrogens is 345 g/mol. The summed E-state index contributed by atoms with van der Waals surface area (Å²) in [6.45, 7) is 2.21. The summed E-state index contributed by atoms with van der Waals surface area (Å²) < 4.78 is 6.84. The van der Waals surface area contributed by atoms with Gasteiger partial charge in [0.1, 0.15) is 0 Å². The Labute approximate surface area is 140 Å². The van der Waals surface area contributed by atoms with Gasteiger partial charge in [-0.1, -0.05) is 0 Å². The first-order valence-electron chi connectivity index (χ1n) is 7.80. The number of aromatic nitrogens is 2. The Morgan fingerprint density at radius 3 is 2.39 bits per heavy atom. The second-order valence-corrected chi connectivity index (χ2v) is 17.5. The third-order valence-electron chi connectivity index (χ3n) is 4.15. The molecule has 0 aliphatic heterocycles. The summed E-state index contributed by atoms with van der Waals surface area (Å²) in [5, 5.41) is 1.05. The molecule has 4 heteroatoms. The molecule has 0 fully saturated rings. The van der Waals surface area contributed by atoms with E-state index in [1.165, 1.54) is 5.56 Å². The summed E-state index contributed by atoms with van der Waals surface area (Å²) in [6, 6.07) is 12.7. The number of hydrogen-bond donors (Lipinski definition) is 0. The molecule has 3 rings (SSSR count). The Hall–Kier alpha value is -1.88. The molecule has 0 unspecified atom stereocenters. The molecule has 0 bridgehead atoms. The van der Waals surface area contributed by atoms with Crippen molar-refractivity contribution in [3.63, 3.8) is 0 Å². The van der Waals surface area contributed by atoms with Crippen LogP contribution in [0.25, 0.3) is 22.2 Å². The number of methoxy groups -OCH3 is 1. The van der Waals surface area contributed by atoms with Crippen molar-refractivity contribution in [1.29, 1.82) is 0 Å². The number of nitrogens with zero attached hydrogens (tertiary/aromatic N) is 2. The fraction of sp³-hybridized carbons (Fsp3) is 0.263. The van der Waals surface area contributed by atoms with E-state index < -0.39 is 13.3 Å². The van der Waals surface area contributed by atoms with Gasteiger partial charge in [0.2, 0.25) is 0 Å². The number of hydrogen-bond acceptors (Lipinski definition) is 3. The average molecular weight is 367 g/mol. The molecule has 0 radical (unpaired) electrons. The maximum atomic E-state index is 5.29. The second-order valence-electron chi connectivity index (χ2n) is 6.89. The van der Waals surface area contributed by atoms with Crippen molar-refractivity contribution in [2.45, 2.75) is 24.2 Å². The van der Waals surface area contributed by atoms with Crippen LogP contribution in [0.2, 0.25) is 17.3 Å². The molecule has 0 aliphatic carbocycles. The molecule has 0 amide bonds. The average Bonchev–Trinajstić information content (AvgIpc) is 2.52. The first-order chi connectivity index (χ1) is 10.9. The van der Waals surface area contributed by atoms with Gasteiger partial charge in [0, 0.05) is 0 Å². The molecule has 2 aromatic carbocycles. The van der Waals surface area contributed by atoms with Crippen LogP contribution in [0.5, 0.6) is 5.75 Å². The predicted octanol–water partition coefficient (Wildman–Crippen LogP) is 4.16. The van der Waals surface area contributed by atoms with Gasteiger partial charge in [-0.2, -0.15) is 0 Å². The molecule has 0 atom stereocenters. The van der Waals surface area contributed by atoms with Crippen molar-refractivity contribution in [3.05, 3.63) is 48.3 Å². The fourth-order valence-electron chi connectivity index (χ4n) is 3.05. The van der Waals surface area contributed by atoms with E-state index in [0.717, 1.165) is 27.9 Å². The Morgan fingerprint density at radius 1 is 0.957 bits per heavy atom. The quantitative estimate of drug-likeness (QED) is 0.653. The molecule has 118 valence electrons. The molecule has 3 aromatic rings.